The Morgan fingerprint density at radius 2 is 0.889 bits per heavy atom. The molecule has 1 unspecified atom stereocenters. The molecule has 1 aliphatic carbocycles. The predicted octanol–water partition coefficient (Wildman–Crippen LogP) is 11.6. The zero-order valence-electron chi connectivity index (χ0n) is 24.7. The lowest BCUT2D eigenvalue weighted by Crippen LogP contribution is -2.02. The second-order valence-corrected chi connectivity index (χ2v) is 12.5. The van der Waals surface area contributed by atoms with Gasteiger partial charge in [-0.25, -0.2) is 0 Å². The smallest absolute Gasteiger partial charge is 0.0541 e. The molecular formula is C44H29N. The van der Waals surface area contributed by atoms with Crippen molar-refractivity contribution in [3.8, 4) is 16.8 Å². The van der Waals surface area contributed by atoms with Crippen molar-refractivity contribution >= 4 is 54.1 Å². The van der Waals surface area contributed by atoms with Crippen molar-refractivity contribution in [1.29, 1.82) is 0 Å². The first-order valence-corrected chi connectivity index (χ1v) is 15.9. The van der Waals surface area contributed by atoms with Gasteiger partial charge in [0.25, 0.3) is 0 Å². The normalized spacial score (nSPS) is 14.1. The second-order valence-electron chi connectivity index (χ2n) is 12.5. The van der Waals surface area contributed by atoms with Gasteiger partial charge in [0, 0.05) is 22.4 Å². The first-order valence-electron chi connectivity index (χ1n) is 15.9. The minimum atomic E-state index is 0.313. The molecule has 210 valence electrons. The van der Waals surface area contributed by atoms with Crippen molar-refractivity contribution < 1.29 is 0 Å². The standard InChI is InChI=1S/C44H29N/c1-2-13-32-30(11-1)31-12-3-4-14-33(31)40-25-28(21-23-36(32)40)26-41-34-15-5-6-16-35(34)42-27-29(22-24-37(41)42)45-43-19-9-7-17-38(43)39-18-8-10-20-44(39)45/h1-25,27,41H,26H2. The van der Waals surface area contributed by atoms with E-state index in [0.717, 1.165) is 6.42 Å². The minimum absolute atomic E-state index is 0.313. The molecule has 0 bridgehead atoms. The molecule has 1 heteroatoms. The van der Waals surface area contributed by atoms with Gasteiger partial charge in [-0.2, -0.15) is 0 Å². The van der Waals surface area contributed by atoms with Crippen LogP contribution in [0.15, 0.2) is 158 Å². The maximum Gasteiger partial charge on any atom is 0.0541 e. The largest absolute Gasteiger partial charge is 0.309 e. The maximum absolute atomic E-state index is 2.46. The van der Waals surface area contributed by atoms with E-state index in [2.05, 4.69) is 162 Å². The van der Waals surface area contributed by atoms with Crippen LogP contribution in [0, 0.1) is 0 Å². The van der Waals surface area contributed by atoms with E-state index in [0.29, 0.717) is 5.92 Å². The van der Waals surface area contributed by atoms with Crippen LogP contribution in [-0.4, -0.2) is 4.57 Å². The van der Waals surface area contributed by atoms with Gasteiger partial charge in [0.1, 0.15) is 0 Å². The number of benzene rings is 8. The van der Waals surface area contributed by atoms with Gasteiger partial charge in [-0.3, -0.25) is 0 Å². The Hall–Kier alpha value is -5.66. The molecule has 0 saturated carbocycles. The fraction of sp³-hybridized carbons (Fsp3) is 0.0455. The number of hydrogen-bond donors (Lipinski definition) is 0. The molecular weight excluding hydrogens is 542 g/mol. The zero-order chi connectivity index (χ0) is 29.5. The molecule has 9 aromatic rings. The van der Waals surface area contributed by atoms with Gasteiger partial charge >= 0.3 is 0 Å². The van der Waals surface area contributed by atoms with Gasteiger partial charge in [-0.1, -0.05) is 133 Å². The number of aromatic nitrogens is 1. The summed E-state index contributed by atoms with van der Waals surface area (Å²) in [6.07, 6.45) is 0.968. The van der Waals surface area contributed by atoms with E-state index in [1.807, 2.05) is 0 Å². The van der Waals surface area contributed by atoms with E-state index in [4.69, 9.17) is 0 Å². The molecule has 1 aromatic heterocycles. The summed E-state index contributed by atoms with van der Waals surface area (Å²) in [7, 11) is 0. The molecule has 0 radical (unpaired) electrons. The van der Waals surface area contributed by atoms with Crippen LogP contribution >= 0.6 is 0 Å². The summed E-state index contributed by atoms with van der Waals surface area (Å²) in [5, 5.41) is 10.6. The Labute approximate surface area is 261 Å². The van der Waals surface area contributed by atoms with Crippen molar-refractivity contribution in [2.75, 3.05) is 0 Å². The average molecular weight is 572 g/mol. The van der Waals surface area contributed by atoms with E-state index in [9.17, 15) is 0 Å². The van der Waals surface area contributed by atoms with Gasteiger partial charge in [0.15, 0.2) is 0 Å². The summed E-state index contributed by atoms with van der Waals surface area (Å²) < 4.78 is 2.43. The van der Waals surface area contributed by atoms with Crippen molar-refractivity contribution in [2.24, 2.45) is 0 Å². The summed E-state index contributed by atoms with van der Waals surface area (Å²) in [6.45, 7) is 0. The van der Waals surface area contributed by atoms with Gasteiger partial charge in [0.05, 0.1) is 11.0 Å². The average Bonchev–Trinajstić information content (AvgIpc) is 3.61. The van der Waals surface area contributed by atoms with E-state index in [1.54, 1.807) is 0 Å². The summed E-state index contributed by atoms with van der Waals surface area (Å²) >= 11 is 0. The SMILES string of the molecule is c1ccc2c(c1)-c1cc(-n3c4ccccc4c4ccccc43)ccc1C2Cc1ccc2c3ccccc3c3ccccc3c2c1. The molecule has 0 spiro atoms. The quantitative estimate of drug-likeness (QED) is 0.186. The van der Waals surface area contributed by atoms with Crippen LogP contribution in [0.25, 0.3) is 70.9 Å². The van der Waals surface area contributed by atoms with Crippen LogP contribution < -0.4 is 0 Å². The predicted molar refractivity (Wildman–Crippen MR) is 191 cm³/mol. The topological polar surface area (TPSA) is 4.93 Å². The molecule has 10 rings (SSSR count). The van der Waals surface area contributed by atoms with Gasteiger partial charge < -0.3 is 4.57 Å². The molecule has 0 fully saturated rings. The zero-order valence-corrected chi connectivity index (χ0v) is 24.7. The van der Waals surface area contributed by atoms with Crippen molar-refractivity contribution in [3.63, 3.8) is 0 Å². The Balaban J connectivity index is 1.13. The molecule has 0 N–H and O–H groups in total. The fourth-order valence-corrected chi connectivity index (χ4v) is 8.17. The molecule has 8 aromatic carbocycles. The Morgan fingerprint density at radius 1 is 0.378 bits per heavy atom. The molecule has 1 aliphatic rings. The first-order chi connectivity index (χ1) is 22.3. The molecule has 1 atom stereocenters. The Morgan fingerprint density at radius 3 is 1.56 bits per heavy atom. The van der Waals surface area contributed by atoms with Crippen molar-refractivity contribution in [3.05, 3.63) is 174 Å². The van der Waals surface area contributed by atoms with Crippen LogP contribution in [0.3, 0.4) is 0 Å². The number of rotatable bonds is 3. The van der Waals surface area contributed by atoms with Crippen molar-refractivity contribution in [1.82, 2.24) is 4.57 Å². The monoisotopic (exact) mass is 571 g/mol. The Kier molecular flexibility index (Phi) is 5.18. The third kappa shape index (κ3) is 3.56. The summed E-state index contributed by atoms with van der Waals surface area (Å²) in [5.41, 5.74) is 10.6. The second kappa shape index (κ2) is 9.42. The highest BCUT2D eigenvalue weighted by Crippen LogP contribution is 2.48. The van der Waals surface area contributed by atoms with Crippen LogP contribution in [0.2, 0.25) is 0 Å². The summed E-state index contributed by atoms with van der Waals surface area (Å²) in [6, 6.07) is 58.6. The first kappa shape index (κ1) is 24.7. The lowest BCUT2D eigenvalue weighted by molar-refractivity contribution is 0.828. The number of hydrogen-bond acceptors (Lipinski definition) is 0. The Bertz CT molecular complexity index is 2550. The van der Waals surface area contributed by atoms with E-state index < -0.39 is 0 Å². The van der Waals surface area contributed by atoms with E-state index in [1.165, 1.54) is 87.6 Å². The molecule has 0 aliphatic heterocycles. The highest BCUT2D eigenvalue weighted by atomic mass is 15.0. The van der Waals surface area contributed by atoms with Crippen molar-refractivity contribution in [2.45, 2.75) is 12.3 Å². The number of fused-ring (bicyclic) bond motifs is 12. The molecule has 1 heterocycles. The lowest BCUT2D eigenvalue weighted by atomic mass is 9.88. The number of para-hydroxylation sites is 2. The molecule has 1 nitrogen and oxygen atoms in total. The van der Waals surface area contributed by atoms with Crippen LogP contribution in [0.1, 0.15) is 22.6 Å². The van der Waals surface area contributed by atoms with Crippen LogP contribution in [0.4, 0.5) is 0 Å². The van der Waals surface area contributed by atoms with Crippen LogP contribution in [0.5, 0.6) is 0 Å². The molecule has 45 heavy (non-hydrogen) atoms. The highest BCUT2D eigenvalue weighted by Gasteiger charge is 2.29. The van der Waals surface area contributed by atoms with Gasteiger partial charge in [-0.05, 0) is 90.8 Å². The lowest BCUT2D eigenvalue weighted by Gasteiger charge is -2.16. The fourth-order valence-electron chi connectivity index (χ4n) is 8.17. The van der Waals surface area contributed by atoms with Crippen LogP contribution in [-0.2, 0) is 6.42 Å². The van der Waals surface area contributed by atoms with Gasteiger partial charge in [0.2, 0.25) is 0 Å². The number of nitrogens with zero attached hydrogens (tertiary/aromatic N) is 1. The third-order valence-electron chi connectivity index (χ3n) is 10.1. The molecule has 0 amide bonds. The minimum Gasteiger partial charge on any atom is -0.309 e. The maximum atomic E-state index is 2.46. The van der Waals surface area contributed by atoms with Gasteiger partial charge in [-0.15, -0.1) is 0 Å². The summed E-state index contributed by atoms with van der Waals surface area (Å²) in [5.74, 6) is 0.313. The molecule has 0 saturated heterocycles. The highest BCUT2D eigenvalue weighted by molar-refractivity contribution is 6.25. The van der Waals surface area contributed by atoms with E-state index in [-0.39, 0.29) is 0 Å². The van der Waals surface area contributed by atoms with E-state index >= 15 is 0 Å². The summed E-state index contributed by atoms with van der Waals surface area (Å²) in [4.78, 5) is 0. The third-order valence-corrected chi connectivity index (χ3v) is 10.1.